The predicted molar refractivity (Wildman–Crippen MR) is 82.3 cm³/mol. The Morgan fingerprint density at radius 2 is 1.89 bits per heavy atom. The van der Waals surface area contributed by atoms with Crippen molar-refractivity contribution in [1.29, 1.82) is 0 Å². The van der Waals surface area contributed by atoms with Gasteiger partial charge in [-0.3, -0.25) is 4.90 Å². The van der Waals surface area contributed by atoms with E-state index in [-0.39, 0.29) is 0 Å². The van der Waals surface area contributed by atoms with Crippen LogP contribution < -0.4 is 10.2 Å². The number of anilines is 2. The molecule has 0 unspecified atom stereocenters. The molecule has 0 radical (unpaired) electrons. The number of aromatic nitrogens is 2. The van der Waals surface area contributed by atoms with E-state index in [0.717, 1.165) is 43.0 Å². The van der Waals surface area contributed by atoms with Crippen molar-refractivity contribution in [2.75, 3.05) is 49.7 Å². The number of thioether (sulfide) groups is 1. The summed E-state index contributed by atoms with van der Waals surface area (Å²) in [6.07, 6.45) is 2.01. The molecular weight excluding hydrogens is 258 g/mol. The summed E-state index contributed by atoms with van der Waals surface area (Å²) in [6, 6.07) is 2.66. The first kappa shape index (κ1) is 14.4. The third kappa shape index (κ3) is 3.51. The van der Waals surface area contributed by atoms with Gasteiger partial charge in [0.05, 0.1) is 0 Å². The molecule has 2 heterocycles. The Bertz CT molecular complexity index is 393. The van der Waals surface area contributed by atoms with Crippen LogP contribution in [0, 0.1) is 0 Å². The Kier molecular flexibility index (Phi) is 4.87. The molecule has 6 heteroatoms. The van der Waals surface area contributed by atoms with Gasteiger partial charge in [0.15, 0.2) is 5.16 Å². The van der Waals surface area contributed by atoms with Gasteiger partial charge in [0.2, 0.25) is 0 Å². The van der Waals surface area contributed by atoms with Crippen molar-refractivity contribution in [1.82, 2.24) is 14.9 Å². The van der Waals surface area contributed by atoms with Crippen LogP contribution in [-0.4, -0.2) is 60.4 Å². The lowest BCUT2D eigenvalue weighted by Crippen LogP contribution is -2.49. The third-order valence-corrected chi connectivity index (χ3v) is 4.05. The SMILES string of the molecule is CNc1cc(N2CCN(C(C)C)CC2)nc(SC)n1. The zero-order valence-corrected chi connectivity index (χ0v) is 13.0. The Hall–Kier alpha value is -1.01. The van der Waals surface area contributed by atoms with Crippen molar-refractivity contribution in [2.24, 2.45) is 0 Å². The van der Waals surface area contributed by atoms with Crippen LogP contribution in [0.4, 0.5) is 11.6 Å². The zero-order chi connectivity index (χ0) is 13.8. The first-order valence-corrected chi connectivity index (χ1v) is 7.96. The van der Waals surface area contributed by atoms with Gasteiger partial charge >= 0.3 is 0 Å². The molecule has 1 fully saturated rings. The van der Waals surface area contributed by atoms with E-state index in [1.807, 2.05) is 19.4 Å². The molecule has 0 amide bonds. The minimum absolute atomic E-state index is 0.627. The maximum absolute atomic E-state index is 4.61. The lowest BCUT2D eigenvalue weighted by atomic mass is 10.2. The van der Waals surface area contributed by atoms with Crippen LogP contribution in [0.25, 0.3) is 0 Å². The second-order valence-electron chi connectivity index (χ2n) is 4.96. The lowest BCUT2D eigenvalue weighted by molar-refractivity contribution is 0.209. The first-order valence-electron chi connectivity index (χ1n) is 6.74. The topological polar surface area (TPSA) is 44.3 Å². The Morgan fingerprint density at radius 3 is 2.42 bits per heavy atom. The fraction of sp³-hybridized carbons (Fsp3) is 0.692. The van der Waals surface area contributed by atoms with E-state index in [1.54, 1.807) is 11.8 Å². The van der Waals surface area contributed by atoms with Gasteiger partial charge in [-0.1, -0.05) is 11.8 Å². The van der Waals surface area contributed by atoms with Gasteiger partial charge < -0.3 is 10.2 Å². The second kappa shape index (κ2) is 6.43. The third-order valence-electron chi connectivity index (χ3n) is 3.50. The maximum atomic E-state index is 4.61. The highest BCUT2D eigenvalue weighted by molar-refractivity contribution is 7.98. The number of hydrogen-bond donors (Lipinski definition) is 1. The van der Waals surface area contributed by atoms with E-state index in [1.165, 1.54) is 0 Å². The molecule has 5 nitrogen and oxygen atoms in total. The highest BCUT2D eigenvalue weighted by Crippen LogP contribution is 2.21. The standard InChI is InChI=1S/C13H23N5S/c1-10(2)17-5-7-18(8-6-17)12-9-11(14-3)15-13(16-12)19-4/h9-10H,5-8H2,1-4H3,(H,14,15,16). The molecule has 19 heavy (non-hydrogen) atoms. The van der Waals surface area contributed by atoms with Crippen LogP contribution in [-0.2, 0) is 0 Å². The molecule has 1 saturated heterocycles. The van der Waals surface area contributed by atoms with Gasteiger partial charge in [0.1, 0.15) is 11.6 Å². The fourth-order valence-corrected chi connectivity index (χ4v) is 2.64. The summed E-state index contributed by atoms with van der Waals surface area (Å²) in [7, 11) is 1.90. The number of nitrogens with one attached hydrogen (secondary N) is 1. The van der Waals surface area contributed by atoms with Crippen molar-refractivity contribution in [3.8, 4) is 0 Å². The van der Waals surface area contributed by atoms with Gasteiger partial charge in [0, 0.05) is 45.3 Å². The minimum atomic E-state index is 0.627. The van der Waals surface area contributed by atoms with Gasteiger partial charge in [-0.2, -0.15) is 0 Å². The van der Waals surface area contributed by atoms with E-state index < -0.39 is 0 Å². The summed E-state index contributed by atoms with van der Waals surface area (Å²) in [4.78, 5) is 13.9. The van der Waals surface area contributed by atoms with Crippen LogP contribution in [0.3, 0.4) is 0 Å². The van der Waals surface area contributed by atoms with Gasteiger partial charge in [-0.05, 0) is 20.1 Å². The van der Waals surface area contributed by atoms with Crippen LogP contribution >= 0.6 is 11.8 Å². The van der Waals surface area contributed by atoms with Gasteiger partial charge in [-0.15, -0.1) is 0 Å². The zero-order valence-electron chi connectivity index (χ0n) is 12.2. The van der Waals surface area contributed by atoms with E-state index in [4.69, 9.17) is 0 Å². The van der Waals surface area contributed by atoms with Crippen LogP contribution in [0.5, 0.6) is 0 Å². The molecule has 0 atom stereocenters. The van der Waals surface area contributed by atoms with E-state index in [9.17, 15) is 0 Å². The number of piperazine rings is 1. The summed E-state index contributed by atoms with van der Waals surface area (Å²) >= 11 is 1.58. The Morgan fingerprint density at radius 1 is 1.21 bits per heavy atom. The monoisotopic (exact) mass is 281 g/mol. The Labute approximate surface area is 119 Å². The molecule has 1 aromatic rings. The van der Waals surface area contributed by atoms with Crippen LogP contribution in [0.2, 0.25) is 0 Å². The molecule has 1 aliphatic rings. The van der Waals surface area contributed by atoms with E-state index >= 15 is 0 Å². The average molecular weight is 281 g/mol. The van der Waals surface area contributed by atoms with E-state index in [0.29, 0.717) is 6.04 Å². The molecule has 0 spiro atoms. The fourth-order valence-electron chi connectivity index (χ4n) is 2.26. The number of hydrogen-bond acceptors (Lipinski definition) is 6. The highest BCUT2D eigenvalue weighted by atomic mass is 32.2. The minimum Gasteiger partial charge on any atom is -0.373 e. The van der Waals surface area contributed by atoms with Crippen molar-refractivity contribution < 1.29 is 0 Å². The quantitative estimate of drug-likeness (QED) is 0.670. The van der Waals surface area contributed by atoms with Crippen molar-refractivity contribution in [3.05, 3.63) is 6.07 Å². The molecule has 106 valence electrons. The summed E-state index contributed by atoms with van der Waals surface area (Å²) in [5, 5.41) is 3.93. The highest BCUT2D eigenvalue weighted by Gasteiger charge is 2.20. The van der Waals surface area contributed by atoms with Gasteiger partial charge in [-0.25, -0.2) is 9.97 Å². The van der Waals surface area contributed by atoms with Gasteiger partial charge in [0.25, 0.3) is 0 Å². The Balaban J connectivity index is 2.10. The van der Waals surface area contributed by atoms with Crippen LogP contribution in [0.1, 0.15) is 13.8 Å². The smallest absolute Gasteiger partial charge is 0.191 e. The van der Waals surface area contributed by atoms with Crippen molar-refractivity contribution >= 4 is 23.4 Å². The lowest BCUT2D eigenvalue weighted by Gasteiger charge is -2.37. The normalized spacial score (nSPS) is 17.0. The second-order valence-corrected chi connectivity index (χ2v) is 5.74. The molecule has 0 bridgehead atoms. The maximum Gasteiger partial charge on any atom is 0.191 e. The molecule has 0 saturated carbocycles. The molecule has 1 aromatic heterocycles. The number of nitrogens with zero attached hydrogens (tertiary/aromatic N) is 4. The molecular formula is C13H23N5S. The molecule has 0 aromatic carbocycles. The van der Waals surface area contributed by atoms with Crippen LogP contribution in [0.15, 0.2) is 11.2 Å². The summed E-state index contributed by atoms with van der Waals surface area (Å²) in [5.74, 6) is 1.92. The molecule has 1 N–H and O–H groups in total. The van der Waals surface area contributed by atoms with E-state index in [2.05, 4.69) is 38.9 Å². The predicted octanol–water partition coefficient (Wildman–Crippen LogP) is 1.77. The largest absolute Gasteiger partial charge is 0.373 e. The first-order chi connectivity index (χ1) is 9.13. The van der Waals surface area contributed by atoms with Crippen molar-refractivity contribution in [3.63, 3.8) is 0 Å². The average Bonchev–Trinajstić information content (AvgIpc) is 2.46. The number of rotatable bonds is 4. The summed E-state index contributed by atoms with van der Waals surface area (Å²) in [5.41, 5.74) is 0. The van der Waals surface area contributed by atoms with Crippen molar-refractivity contribution in [2.45, 2.75) is 25.0 Å². The summed E-state index contributed by atoms with van der Waals surface area (Å²) < 4.78 is 0. The molecule has 2 rings (SSSR count). The summed E-state index contributed by atoms with van der Waals surface area (Å²) in [6.45, 7) is 8.78. The molecule has 0 aliphatic carbocycles. The molecule has 1 aliphatic heterocycles.